The van der Waals surface area contributed by atoms with E-state index in [9.17, 15) is 10.1 Å². The van der Waals surface area contributed by atoms with E-state index in [-0.39, 0.29) is 5.69 Å². The third kappa shape index (κ3) is 5.04. The van der Waals surface area contributed by atoms with Crippen molar-refractivity contribution >= 4 is 11.4 Å². The minimum Gasteiger partial charge on any atom is -0.493 e. The molecule has 0 spiro atoms. The number of benzene rings is 3. The summed E-state index contributed by atoms with van der Waals surface area (Å²) < 4.78 is 11.3. The average molecular weight is 392 g/mol. The highest BCUT2D eigenvalue weighted by atomic mass is 16.6. The van der Waals surface area contributed by atoms with Crippen LogP contribution in [0.1, 0.15) is 22.3 Å². The summed E-state index contributed by atoms with van der Waals surface area (Å²) in [5.41, 5.74) is 5.59. The van der Waals surface area contributed by atoms with Gasteiger partial charge in [0, 0.05) is 24.4 Å². The number of ether oxygens (including phenoxy) is 2. The van der Waals surface area contributed by atoms with Crippen LogP contribution in [0.15, 0.2) is 60.7 Å². The summed E-state index contributed by atoms with van der Waals surface area (Å²) in [7, 11) is 1.61. The van der Waals surface area contributed by atoms with Crippen LogP contribution in [-0.2, 0) is 13.2 Å². The van der Waals surface area contributed by atoms with Crippen molar-refractivity contribution in [3.8, 4) is 11.5 Å². The zero-order valence-electron chi connectivity index (χ0n) is 16.8. The highest BCUT2D eigenvalue weighted by Crippen LogP contribution is 2.29. The van der Waals surface area contributed by atoms with Crippen molar-refractivity contribution in [1.82, 2.24) is 0 Å². The van der Waals surface area contributed by atoms with Gasteiger partial charge in [0.1, 0.15) is 6.61 Å². The Balaban J connectivity index is 1.65. The minimum absolute atomic E-state index is 0.0621. The van der Waals surface area contributed by atoms with Gasteiger partial charge in [-0.25, -0.2) is 0 Å². The largest absolute Gasteiger partial charge is 0.493 e. The van der Waals surface area contributed by atoms with Gasteiger partial charge in [-0.05, 0) is 66.4 Å². The summed E-state index contributed by atoms with van der Waals surface area (Å²) in [4.78, 5) is 10.3. The van der Waals surface area contributed by atoms with E-state index in [4.69, 9.17) is 9.47 Å². The summed E-state index contributed by atoms with van der Waals surface area (Å²) in [6.07, 6.45) is 0. The number of hydrogen-bond donors (Lipinski definition) is 1. The number of methoxy groups -OCH3 is 1. The van der Waals surface area contributed by atoms with Gasteiger partial charge in [-0.1, -0.05) is 18.2 Å². The molecule has 6 heteroatoms. The lowest BCUT2D eigenvalue weighted by Gasteiger charge is -2.14. The second-order valence-corrected chi connectivity index (χ2v) is 6.80. The monoisotopic (exact) mass is 392 g/mol. The third-order valence-electron chi connectivity index (χ3n) is 4.86. The SMILES string of the molecule is COc1cc(CNc2cccc(C)c2C)ccc1OCc1ccc([N+](=O)[O-])cc1. The molecule has 0 aromatic heterocycles. The molecular weight excluding hydrogens is 368 g/mol. The fraction of sp³-hybridized carbons (Fsp3) is 0.217. The van der Waals surface area contributed by atoms with Crippen molar-refractivity contribution in [2.24, 2.45) is 0 Å². The minimum atomic E-state index is -0.418. The van der Waals surface area contributed by atoms with Gasteiger partial charge in [0.2, 0.25) is 0 Å². The quantitative estimate of drug-likeness (QED) is 0.410. The Labute approximate surface area is 170 Å². The van der Waals surface area contributed by atoms with Gasteiger partial charge >= 0.3 is 0 Å². The standard InChI is InChI=1S/C23H24N2O4/c1-16-5-4-6-21(17(16)2)24-14-19-9-12-22(23(13-19)28-3)29-15-18-7-10-20(11-8-18)25(26)27/h4-13,24H,14-15H2,1-3H3. The lowest BCUT2D eigenvalue weighted by atomic mass is 10.1. The average Bonchev–Trinajstić information content (AvgIpc) is 2.73. The molecule has 0 atom stereocenters. The van der Waals surface area contributed by atoms with Crippen LogP contribution in [0.3, 0.4) is 0 Å². The molecule has 0 heterocycles. The first kappa shape index (κ1) is 20.2. The molecule has 0 aliphatic heterocycles. The first-order chi connectivity index (χ1) is 14.0. The molecule has 1 N–H and O–H groups in total. The summed E-state index contributed by atoms with van der Waals surface area (Å²) >= 11 is 0. The number of rotatable bonds is 8. The van der Waals surface area contributed by atoms with Gasteiger partial charge in [0.25, 0.3) is 5.69 Å². The molecule has 3 aromatic carbocycles. The van der Waals surface area contributed by atoms with Gasteiger partial charge in [-0.3, -0.25) is 10.1 Å². The first-order valence-corrected chi connectivity index (χ1v) is 9.31. The van der Waals surface area contributed by atoms with Gasteiger partial charge in [-0.15, -0.1) is 0 Å². The number of nitro benzene ring substituents is 1. The number of hydrogen-bond acceptors (Lipinski definition) is 5. The van der Waals surface area contributed by atoms with Gasteiger partial charge in [-0.2, -0.15) is 0 Å². The first-order valence-electron chi connectivity index (χ1n) is 9.31. The fourth-order valence-corrected chi connectivity index (χ4v) is 2.96. The van der Waals surface area contributed by atoms with Crippen LogP contribution in [0, 0.1) is 24.0 Å². The second-order valence-electron chi connectivity index (χ2n) is 6.80. The molecule has 0 radical (unpaired) electrons. The van der Waals surface area contributed by atoms with Crippen LogP contribution in [0.25, 0.3) is 0 Å². The van der Waals surface area contributed by atoms with E-state index in [0.29, 0.717) is 24.7 Å². The number of non-ortho nitro benzene ring substituents is 1. The molecule has 0 aliphatic rings. The molecule has 29 heavy (non-hydrogen) atoms. The zero-order valence-corrected chi connectivity index (χ0v) is 16.8. The Morgan fingerprint density at radius 3 is 2.38 bits per heavy atom. The Kier molecular flexibility index (Phi) is 6.34. The lowest BCUT2D eigenvalue weighted by Crippen LogP contribution is -2.03. The van der Waals surface area contributed by atoms with Crippen molar-refractivity contribution in [2.75, 3.05) is 12.4 Å². The summed E-state index contributed by atoms with van der Waals surface area (Å²) in [6.45, 7) is 5.17. The molecule has 0 amide bonds. The van der Waals surface area contributed by atoms with E-state index in [1.165, 1.54) is 23.3 Å². The van der Waals surface area contributed by atoms with Crippen molar-refractivity contribution in [3.05, 3.63) is 93.0 Å². The summed E-state index contributed by atoms with van der Waals surface area (Å²) in [6, 6.07) is 18.3. The van der Waals surface area contributed by atoms with Crippen molar-refractivity contribution in [3.63, 3.8) is 0 Å². The molecule has 150 valence electrons. The number of nitro groups is 1. The number of aryl methyl sites for hydroxylation is 1. The van der Waals surface area contributed by atoms with Crippen LogP contribution in [0.4, 0.5) is 11.4 Å². The molecule has 3 aromatic rings. The van der Waals surface area contributed by atoms with E-state index in [0.717, 1.165) is 16.8 Å². The Bertz CT molecular complexity index is 1000. The molecule has 0 saturated heterocycles. The molecular formula is C23H24N2O4. The lowest BCUT2D eigenvalue weighted by molar-refractivity contribution is -0.384. The molecule has 0 bridgehead atoms. The fourth-order valence-electron chi connectivity index (χ4n) is 2.96. The maximum atomic E-state index is 10.7. The maximum absolute atomic E-state index is 10.7. The van der Waals surface area contributed by atoms with E-state index in [2.05, 4.69) is 31.3 Å². The number of nitrogens with zero attached hydrogens (tertiary/aromatic N) is 1. The van der Waals surface area contributed by atoms with Gasteiger partial charge in [0.05, 0.1) is 12.0 Å². The highest BCUT2D eigenvalue weighted by molar-refractivity contribution is 5.54. The van der Waals surface area contributed by atoms with Gasteiger partial charge in [0.15, 0.2) is 11.5 Å². The van der Waals surface area contributed by atoms with E-state index >= 15 is 0 Å². The normalized spacial score (nSPS) is 10.4. The van der Waals surface area contributed by atoms with E-state index in [1.807, 2.05) is 24.3 Å². The van der Waals surface area contributed by atoms with Crippen LogP contribution < -0.4 is 14.8 Å². The second kappa shape index (κ2) is 9.10. The Morgan fingerprint density at radius 1 is 0.966 bits per heavy atom. The molecule has 6 nitrogen and oxygen atoms in total. The van der Waals surface area contributed by atoms with Crippen molar-refractivity contribution in [2.45, 2.75) is 27.0 Å². The molecule has 0 unspecified atom stereocenters. The maximum Gasteiger partial charge on any atom is 0.269 e. The smallest absolute Gasteiger partial charge is 0.269 e. The van der Waals surface area contributed by atoms with Crippen LogP contribution in [0.2, 0.25) is 0 Å². The molecule has 0 fully saturated rings. The van der Waals surface area contributed by atoms with Crippen LogP contribution in [-0.4, -0.2) is 12.0 Å². The third-order valence-corrected chi connectivity index (χ3v) is 4.86. The number of anilines is 1. The predicted molar refractivity (Wildman–Crippen MR) is 114 cm³/mol. The number of nitrogens with one attached hydrogen (secondary N) is 1. The molecule has 3 rings (SSSR count). The van der Waals surface area contributed by atoms with Crippen LogP contribution >= 0.6 is 0 Å². The van der Waals surface area contributed by atoms with E-state index in [1.54, 1.807) is 19.2 Å². The summed E-state index contributed by atoms with van der Waals surface area (Å²) in [5, 5.41) is 14.2. The predicted octanol–water partition coefficient (Wildman–Crippen LogP) is 5.41. The van der Waals surface area contributed by atoms with E-state index < -0.39 is 4.92 Å². The molecule has 0 aliphatic carbocycles. The topological polar surface area (TPSA) is 73.6 Å². The van der Waals surface area contributed by atoms with Crippen molar-refractivity contribution < 1.29 is 14.4 Å². The molecule has 0 saturated carbocycles. The highest BCUT2D eigenvalue weighted by Gasteiger charge is 2.09. The summed E-state index contributed by atoms with van der Waals surface area (Å²) in [5.74, 6) is 1.27. The van der Waals surface area contributed by atoms with Crippen molar-refractivity contribution in [1.29, 1.82) is 0 Å². The van der Waals surface area contributed by atoms with Crippen LogP contribution in [0.5, 0.6) is 11.5 Å². The Morgan fingerprint density at radius 2 is 1.69 bits per heavy atom. The van der Waals surface area contributed by atoms with Gasteiger partial charge < -0.3 is 14.8 Å². The Hall–Kier alpha value is -3.54. The zero-order chi connectivity index (χ0) is 20.8.